The molecule has 0 fully saturated rings. The Hall–Kier alpha value is -2.41. The summed E-state index contributed by atoms with van der Waals surface area (Å²) in [6.07, 6.45) is 0. The zero-order valence-electron chi connectivity index (χ0n) is 10.3. The predicted molar refractivity (Wildman–Crippen MR) is 66.3 cm³/mol. The van der Waals surface area contributed by atoms with Crippen molar-refractivity contribution in [3.8, 4) is 0 Å². The number of amides is 3. The maximum atomic E-state index is 11.7. The van der Waals surface area contributed by atoms with Crippen LogP contribution in [0, 0.1) is 0 Å². The number of hydroxylamine groups is 1. The van der Waals surface area contributed by atoms with E-state index in [1.807, 2.05) is 0 Å². The van der Waals surface area contributed by atoms with Gasteiger partial charge >= 0.3 is 0 Å². The minimum Gasteiger partial charge on any atom is -0.345 e. The summed E-state index contributed by atoms with van der Waals surface area (Å²) in [6.45, 7) is 1.13. The molecule has 19 heavy (non-hydrogen) atoms. The fraction of sp³-hybridized carbons (Fsp3) is 0.250. The highest BCUT2D eigenvalue weighted by Crippen LogP contribution is 1.98. The average molecular weight is 265 g/mol. The summed E-state index contributed by atoms with van der Waals surface area (Å²) < 4.78 is 0. The topological polar surface area (TPSA) is 108 Å². The van der Waals surface area contributed by atoms with E-state index >= 15 is 0 Å². The van der Waals surface area contributed by atoms with Crippen molar-refractivity contribution in [2.75, 3.05) is 6.54 Å². The lowest BCUT2D eigenvalue weighted by molar-refractivity contribution is -0.131. The lowest BCUT2D eigenvalue weighted by atomic mass is 10.2. The van der Waals surface area contributed by atoms with Crippen LogP contribution in [0.15, 0.2) is 30.3 Å². The van der Waals surface area contributed by atoms with Crippen LogP contribution in [0.3, 0.4) is 0 Å². The first kappa shape index (κ1) is 14.7. The van der Waals surface area contributed by atoms with Crippen LogP contribution < -0.4 is 16.1 Å². The molecule has 0 aromatic heterocycles. The first-order chi connectivity index (χ1) is 9.04. The summed E-state index contributed by atoms with van der Waals surface area (Å²) in [7, 11) is 0. The molecule has 3 amide bonds. The normalized spacial score (nSPS) is 11.3. The minimum atomic E-state index is -0.792. The van der Waals surface area contributed by atoms with E-state index in [0.29, 0.717) is 5.56 Å². The Kier molecular flexibility index (Phi) is 5.49. The zero-order valence-corrected chi connectivity index (χ0v) is 10.3. The third kappa shape index (κ3) is 4.76. The Labute approximate surface area is 110 Å². The smallest absolute Gasteiger partial charge is 0.262 e. The van der Waals surface area contributed by atoms with Gasteiger partial charge in [0.1, 0.15) is 6.04 Å². The highest BCUT2D eigenvalue weighted by atomic mass is 16.5. The molecule has 0 saturated carbocycles. The second kappa shape index (κ2) is 7.12. The van der Waals surface area contributed by atoms with E-state index in [1.54, 1.807) is 30.3 Å². The number of benzene rings is 1. The van der Waals surface area contributed by atoms with Gasteiger partial charge in [-0.1, -0.05) is 18.2 Å². The maximum absolute atomic E-state index is 11.7. The Morgan fingerprint density at radius 3 is 2.42 bits per heavy atom. The number of nitrogens with one attached hydrogen (secondary N) is 3. The molecule has 0 radical (unpaired) electrons. The van der Waals surface area contributed by atoms with Gasteiger partial charge in [0.2, 0.25) is 5.91 Å². The number of hydrogen-bond acceptors (Lipinski definition) is 4. The quantitative estimate of drug-likeness (QED) is 0.422. The Balaban J connectivity index is 2.46. The Morgan fingerprint density at radius 1 is 1.21 bits per heavy atom. The number of carbonyl (C=O) groups is 3. The molecule has 0 unspecified atom stereocenters. The van der Waals surface area contributed by atoms with Crippen LogP contribution in [0.5, 0.6) is 0 Å². The molecule has 7 heteroatoms. The summed E-state index contributed by atoms with van der Waals surface area (Å²) in [5, 5.41) is 13.0. The van der Waals surface area contributed by atoms with E-state index in [0.717, 1.165) is 0 Å². The maximum Gasteiger partial charge on any atom is 0.262 e. The standard InChI is InChI=1S/C12H15N3O4/c1-8(11(17)13-7-10(16)15-19)14-12(18)9-5-3-2-4-6-9/h2-6,8,19H,7H2,1H3,(H,13,17)(H,14,18)(H,15,16)/t8-/m0/s1. The van der Waals surface area contributed by atoms with Gasteiger partial charge in [0.05, 0.1) is 6.54 Å². The highest BCUT2D eigenvalue weighted by Gasteiger charge is 2.16. The fourth-order valence-corrected chi connectivity index (χ4v) is 1.30. The van der Waals surface area contributed by atoms with E-state index in [-0.39, 0.29) is 12.5 Å². The fourth-order valence-electron chi connectivity index (χ4n) is 1.30. The van der Waals surface area contributed by atoms with Gasteiger partial charge in [-0.2, -0.15) is 0 Å². The van der Waals surface area contributed by atoms with Crippen LogP contribution in [0.25, 0.3) is 0 Å². The Bertz CT molecular complexity index is 461. The summed E-state index contributed by atoms with van der Waals surface area (Å²) in [6, 6.07) is 7.66. The van der Waals surface area contributed by atoms with Crippen molar-refractivity contribution < 1.29 is 19.6 Å². The van der Waals surface area contributed by atoms with E-state index in [2.05, 4.69) is 10.6 Å². The van der Waals surface area contributed by atoms with Gasteiger partial charge in [-0.25, -0.2) is 5.48 Å². The van der Waals surface area contributed by atoms with Crippen LogP contribution in [0.1, 0.15) is 17.3 Å². The first-order valence-electron chi connectivity index (χ1n) is 5.61. The minimum absolute atomic E-state index is 0.360. The molecule has 0 saturated heterocycles. The van der Waals surface area contributed by atoms with Gasteiger partial charge in [-0.3, -0.25) is 19.6 Å². The molecule has 102 valence electrons. The second-order valence-corrected chi connectivity index (χ2v) is 3.81. The van der Waals surface area contributed by atoms with Crippen LogP contribution in [0.4, 0.5) is 0 Å². The van der Waals surface area contributed by atoms with Crippen LogP contribution in [-0.4, -0.2) is 35.5 Å². The van der Waals surface area contributed by atoms with Crippen molar-refractivity contribution >= 4 is 17.7 Å². The first-order valence-corrected chi connectivity index (χ1v) is 5.61. The van der Waals surface area contributed by atoms with Crippen molar-refractivity contribution in [3.05, 3.63) is 35.9 Å². The molecular weight excluding hydrogens is 250 g/mol. The van der Waals surface area contributed by atoms with Crippen molar-refractivity contribution in [2.24, 2.45) is 0 Å². The van der Waals surface area contributed by atoms with Crippen LogP contribution >= 0.6 is 0 Å². The van der Waals surface area contributed by atoms with Gasteiger partial charge in [-0.15, -0.1) is 0 Å². The molecule has 1 aromatic carbocycles. The third-order valence-electron chi connectivity index (χ3n) is 2.32. The molecule has 7 nitrogen and oxygen atoms in total. The number of hydrogen-bond donors (Lipinski definition) is 4. The molecule has 0 bridgehead atoms. The summed E-state index contributed by atoms with van der Waals surface area (Å²) in [5.74, 6) is -1.64. The molecular formula is C12H15N3O4. The summed E-state index contributed by atoms with van der Waals surface area (Å²) in [5.41, 5.74) is 1.82. The molecule has 4 N–H and O–H groups in total. The molecule has 0 heterocycles. The molecule has 1 atom stereocenters. The van der Waals surface area contributed by atoms with Crippen LogP contribution in [-0.2, 0) is 9.59 Å². The SMILES string of the molecule is C[C@H](NC(=O)c1ccccc1)C(=O)NCC(=O)NO. The van der Waals surface area contributed by atoms with E-state index in [9.17, 15) is 14.4 Å². The lowest BCUT2D eigenvalue weighted by Gasteiger charge is -2.13. The molecule has 0 aliphatic heterocycles. The number of carbonyl (C=O) groups excluding carboxylic acids is 3. The van der Waals surface area contributed by atoms with Gasteiger partial charge in [0, 0.05) is 5.56 Å². The van der Waals surface area contributed by atoms with Crippen molar-refractivity contribution in [3.63, 3.8) is 0 Å². The van der Waals surface area contributed by atoms with E-state index in [4.69, 9.17) is 5.21 Å². The molecule has 1 aromatic rings. The summed E-state index contributed by atoms with van der Waals surface area (Å²) >= 11 is 0. The molecule has 0 aliphatic rings. The van der Waals surface area contributed by atoms with Crippen molar-refractivity contribution in [2.45, 2.75) is 13.0 Å². The predicted octanol–water partition coefficient (Wildman–Crippen LogP) is -0.573. The average Bonchev–Trinajstić information content (AvgIpc) is 2.44. The summed E-state index contributed by atoms with van der Waals surface area (Å²) in [4.78, 5) is 34.0. The monoisotopic (exact) mass is 265 g/mol. The molecule has 0 aliphatic carbocycles. The van der Waals surface area contributed by atoms with Gasteiger partial charge in [0.15, 0.2) is 0 Å². The van der Waals surface area contributed by atoms with Gasteiger partial charge < -0.3 is 10.6 Å². The Morgan fingerprint density at radius 2 is 1.84 bits per heavy atom. The zero-order chi connectivity index (χ0) is 14.3. The largest absolute Gasteiger partial charge is 0.345 e. The van der Waals surface area contributed by atoms with Gasteiger partial charge in [0.25, 0.3) is 11.8 Å². The van der Waals surface area contributed by atoms with E-state index in [1.165, 1.54) is 12.4 Å². The molecule has 1 rings (SSSR count). The van der Waals surface area contributed by atoms with Crippen LogP contribution in [0.2, 0.25) is 0 Å². The highest BCUT2D eigenvalue weighted by molar-refractivity contribution is 5.97. The second-order valence-electron chi connectivity index (χ2n) is 3.81. The van der Waals surface area contributed by atoms with Crippen molar-refractivity contribution in [1.82, 2.24) is 16.1 Å². The van der Waals surface area contributed by atoms with Crippen molar-refractivity contribution in [1.29, 1.82) is 0 Å². The number of rotatable bonds is 5. The third-order valence-corrected chi connectivity index (χ3v) is 2.32. The van der Waals surface area contributed by atoms with Gasteiger partial charge in [-0.05, 0) is 19.1 Å². The lowest BCUT2D eigenvalue weighted by Crippen LogP contribution is -2.47. The molecule has 0 spiro atoms. The van der Waals surface area contributed by atoms with E-state index < -0.39 is 17.9 Å².